The van der Waals surface area contributed by atoms with Gasteiger partial charge in [0, 0.05) is 50.5 Å². The molecule has 0 radical (unpaired) electrons. The van der Waals surface area contributed by atoms with Crippen LogP contribution in [0.15, 0.2) is 29.4 Å². The molecule has 1 aliphatic rings. The Morgan fingerprint density at radius 3 is 2.87 bits per heavy atom. The maximum absolute atomic E-state index is 5.40. The normalized spacial score (nSPS) is 17.7. The molecule has 1 aliphatic heterocycles. The van der Waals surface area contributed by atoms with Crippen LogP contribution < -0.4 is 10.6 Å². The van der Waals surface area contributed by atoms with Gasteiger partial charge in [-0.1, -0.05) is 6.07 Å². The maximum atomic E-state index is 5.40. The van der Waals surface area contributed by atoms with Crippen molar-refractivity contribution in [2.75, 3.05) is 45.9 Å². The zero-order valence-electron chi connectivity index (χ0n) is 14.3. The summed E-state index contributed by atoms with van der Waals surface area (Å²) in [7, 11) is 0. The smallest absolute Gasteiger partial charge is 0.191 e. The number of aliphatic imine (C=N–C) groups is 1. The van der Waals surface area contributed by atoms with Gasteiger partial charge in [-0.05, 0) is 26.0 Å². The third-order valence-electron chi connectivity index (χ3n) is 3.93. The third kappa shape index (κ3) is 6.54. The minimum atomic E-state index is 0.435. The lowest BCUT2D eigenvalue weighted by Crippen LogP contribution is -2.44. The second kappa shape index (κ2) is 10.2. The van der Waals surface area contributed by atoms with Crippen molar-refractivity contribution in [3.05, 3.63) is 30.1 Å². The van der Waals surface area contributed by atoms with Crippen molar-refractivity contribution in [3.8, 4) is 0 Å². The lowest BCUT2D eigenvalue weighted by Gasteiger charge is -2.31. The van der Waals surface area contributed by atoms with Crippen molar-refractivity contribution < 1.29 is 4.74 Å². The van der Waals surface area contributed by atoms with E-state index >= 15 is 0 Å². The fraction of sp³-hybridized carbons (Fsp3) is 0.647. The van der Waals surface area contributed by atoms with E-state index in [-0.39, 0.29) is 0 Å². The van der Waals surface area contributed by atoms with Crippen LogP contribution in [0.25, 0.3) is 0 Å². The highest BCUT2D eigenvalue weighted by Crippen LogP contribution is 2.03. The Labute approximate surface area is 139 Å². The minimum Gasteiger partial charge on any atom is -0.379 e. The predicted octanol–water partition coefficient (Wildman–Crippen LogP) is 0.900. The highest BCUT2D eigenvalue weighted by atomic mass is 16.5. The minimum absolute atomic E-state index is 0.435. The van der Waals surface area contributed by atoms with Crippen LogP contribution in [0.4, 0.5) is 0 Å². The first-order valence-electron chi connectivity index (χ1n) is 8.53. The fourth-order valence-electron chi connectivity index (χ4n) is 2.55. The molecule has 0 spiro atoms. The van der Waals surface area contributed by atoms with Gasteiger partial charge in [-0.15, -0.1) is 0 Å². The highest BCUT2D eigenvalue weighted by Gasteiger charge is 2.16. The van der Waals surface area contributed by atoms with E-state index in [1.54, 1.807) is 0 Å². The standard InChI is InChI=1S/C17H29N5O/c1-3-18-17(20-9-7-16-6-4-5-8-19-16)21-14-15(2)22-10-12-23-13-11-22/h4-6,8,15H,3,7,9-14H2,1-2H3,(H2,18,20,21). The molecule has 0 saturated carbocycles. The number of hydrogen-bond donors (Lipinski definition) is 2. The maximum Gasteiger partial charge on any atom is 0.191 e. The molecule has 128 valence electrons. The van der Waals surface area contributed by atoms with Crippen LogP contribution in [0.3, 0.4) is 0 Å². The second-order valence-electron chi connectivity index (χ2n) is 5.71. The Morgan fingerprint density at radius 2 is 2.17 bits per heavy atom. The molecule has 0 aliphatic carbocycles. The molecule has 0 bridgehead atoms. The summed E-state index contributed by atoms with van der Waals surface area (Å²) in [5.74, 6) is 0.878. The molecule has 2 rings (SSSR count). The van der Waals surface area contributed by atoms with Crippen molar-refractivity contribution in [3.63, 3.8) is 0 Å². The second-order valence-corrected chi connectivity index (χ2v) is 5.71. The molecule has 1 atom stereocenters. The van der Waals surface area contributed by atoms with Crippen molar-refractivity contribution in [1.29, 1.82) is 0 Å². The van der Waals surface area contributed by atoms with E-state index in [4.69, 9.17) is 9.73 Å². The topological polar surface area (TPSA) is 61.8 Å². The molecule has 1 fully saturated rings. The first-order valence-corrected chi connectivity index (χ1v) is 8.53. The summed E-state index contributed by atoms with van der Waals surface area (Å²) in [6.45, 7) is 10.5. The number of nitrogens with zero attached hydrogens (tertiary/aromatic N) is 3. The summed E-state index contributed by atoms with van der Waals surface area (Å²) in [6, 6.07) is 6.44. The van der Waals surface area contributed by atoms with Crippen molar-refractivity contribution in [2.45, 2.75) is 26.3 Å². The zero-order valence-corrected chi connectivity index (χ0v) is 14.3. The van der Waals surface area contributed by atoms with Crippen LogP contribution in [0.5, 0.6) is 0 Å². The Kier molecular flexibility index (Phi) is 7.83. The average molecular weight is 319 g/mol. The summed E-state index contributed by atoms with van der Waals surface area (Å²) in [5.41, 5.74) is 1.09. The monoisotopic (exact) mass is 319 g/mol. The molecule has 0 aromatic carbocycles. The average Bonchev–Trinajstić information content (AvgIpc) is 2.61. The number of nitrogens with one attached hydrogen (secondary N) is 2. The van der Waals surface area contributed by atoms with Crippen LogP contribution in [-0.4, -0.2) is 67.8 Å². The van der Waals surface area contributed by atoms with Gasteiger partial charge in [0.25, 0.3) is 0 Å². The Hall–Kier alpha value is -1.66. The molecular formula is C17H29N5O. The number of aromatic nitrogens is 1. The number of morpholine rings is 1. The molecule has 6 heteroatoms. The first kappa shape index (κ1) is 17.7. The van der Waals surface area contributed by atoms with E-state index in [0.29, 0.717) is 6.04 Å². The highest BCUT2D eigenvalue weighted by molar-refractivity contribution is 5.79. The van der Waals surface area contributed by atoms with E-state index in [9.17, 15) is 0 Å². The van der Waals surface area contributed by atoms with E-state index in [1.807, 2.05) is 24.4 Å². The molecular weight excluding hydrogens is 290 g/mol. The quantitative estimate of drug-likeness (QED) is 0.578. The number of hydrogen-bond acceptors (Lipinski definition) is 4. The summed E-state index contributed by atoms with van der Waals surface area (Å²) in [6.07, 6.45) is 2.73. The van der Waals surface area contributed by atoms with Crippen LogP contribution >= 0.6 is 0 Å². The lowest BCUT2D eigenvalue weighted by molar-refractivity contribution is 0.0220. The fourth-order valence-corrected chi connectivity index (χ4v) is 2.55. The van der Waals surface area contributed by atoms with E-state index in [1.165, 1.54) is 0 Å². The van der Waals surface area contributed by atoms with Gasteiger partial charge < -0.3 is 15.4 Å². The van der Waals surface area contributed by atoms with Crippen LogP contribution in [0.1, 0.15) is 19.5 Å². The van der Waals surface area contributed by atoms with E-state index in [2.05, 4.69) is 34.4 Å². The Bertz CT molecular complexity index is 459. The summed E-state index contributed by atoms with van der Waals surface area (Å²) < 4.78 is 5.40. The van der Waals surface area contributed by atoms with Gasteiger partial charge in [-0.2, -0.15) is 0 Å². The molecule has 2 N–H and O–H groups in total. The number of ether oxygens (including phenoxy) is 1. The third-order valence-corrected chi connectivity index (χ3v) is 3.93. The number of guanidine groups is 1. The number of rotatable bonds is 7. The molecule has 1 aromatic rings. The Balaban J connectivity index is 1.77. The molecule has 6 nitrogen and oxygen atoms in total. The van der Waals surface area contributed by atoms with Gasteiger partial charge in [-0.3, -0.25) is 14.9 Å². The van der Waals surface area contributed by atoms with Crippen molar-refractivity contribution in [2.24, 2.45) is 4.99 Å². The van der Waals surface area contributed by atoms with Crippen LogP contribution in [-0.2, 0) is 11.2 Å². The summed E-state index contributed by atoms with van der Waals surface area (Å²) in [5, 5.41) is 6.69. The molecule has 23 heavy (non-hydrogen) atoms. The van der Waals surface area contributed by atoms with Gasteiger partial charge in [-0.25, -0.2) is 0 Å². The lowest BCUT2D eigenvalue weighted by atomic mass is 10.2. The molecule has 2 heterocycles. The Morgan fingerprint density at radius 1 is 1.35 bits per heavy atom. The largest absolute Gasteiger partial charge is 0.379 e. The number of pyridine rings is 1. The van der Waals surface area contributed by atoms with Crippen LogP contribution in [0, 0.1) is 0 Å². The van der Waals surface area contributed by atoms with Crippen molar-refractivity contribution >= 4 is 5.96 Å². The van der Waals surface area contributed by atoms with Gasteiger partial charge in [0.05, 0.1) is 19.8 Å². The van der Waals surface area contributed by atoms with E-state index < -0.39 is 0 Å². The van der Waals surface area contributed by atoms with Crippen LogP contribution in [0.2, 0.25) is 0 Å². The zero-order chi connectivity index (χ0) is 16.3. The van der Waals surface area contributed by atoms with Gasteiger partial charge >= 0.3 is 0 Å². The van der Waals surface area contributed by atoms with Gasteiger partial charge in [0.2, 0.25) is 0 Å². The van der Waals surface area contributed by atoms with Gasteiger partial charge in [0.15, 0.2) is 5.96 Å². The molecule has 0 amide bonds. The molecule has 1 saturated heterocycles. The predicted molar refractivity (Wildman–Crippen MR) is 93.8 cm³/mol. The van der Waals surface area contributed by atoms with Crippen molar-refractivity contribution in [1.82, 2.24) is 20.5 Å². The molecule has 1 aromatic heterocycles. The van der Waals surface area contributed by atoms with E-state index in [0.717, 1.165) is 64.0 Å². The first-order chi connectivity index (χ1) is 11.3. The summed E-state index contributed by atoms with van der Waals surface area (Å²) >= 11 is 0. The molecule has 1 unspecified atom stereocenters. The summed E-state index contributed by atoms with van der Waals surface area (Å²) in [4.78, 5) is 11.5. The SMILES string of the molecule is CCNC(=NCC(C)N1CCOCC1)NCCc1ccccn1. The van der Waals surface area contributed by atoms with Gasteiger partial charge in [0.1, 0.15) is 0 Å².